The molecule has 0 amide bonds. The van der Waals surface area contributed by atoms with Gasteiger partial charge in [-0.25, -0.2) is 4.98 Å². The van der Waals surface area contributed by atoms with Gasteiger partial charge in [0.25, 0.3) is 0 Å². The van der Waals surface area contributed by atoms with E-state index in [-0.39, 0.29) is 5.78 Å². The summed E-state index contributed by atoms with van der Waals surface area (Å²) in [5.41, 5.74) is 3.63. The van der Waals surface area contributed by atoms with Gasteiger partial charge in [-0.1, -0.05) is 30.0 Å². The number of benzene rings is 2. The highest BCUT2D eigenvalue weighted by molar-refractivity contribution is 7.99. The highest BCUT2D eigenvalue weighted by Gasteiger charge is 2.17. The molecule has 0 saturated heterocycles. The number of hydrogen-bond donors (Lipinski definition) is 1. The molecule has 0 radical (unpaired) electrons. The molecular weight excluding hydrogens is 358 g/mol. The van der Waals surface area contributed by atoms with E-state index in [9.17, 15) is 4.79 Å². The summed E-state index contributed by atoms with van der Waals surface area (Å²) in [5, 5.41) is 1.75. The van der Waals surface area contributed by atoms with Crippen molar-refractivity contribution in [2.75, 3.05) is 12.9 Å². The summed E-state index contributed by atoms with van der Waals surface area (Å²) in [6.07, 6.45) is 3.64. The molecule has 1 N–H and O–H groups in total. The summed E-state index contributed by atoms with van der Waals surface area (Å²) < 4.78 is 7.18. The number of aryl methyl sites for hydroxylation is 1. The van der Waals surface area contributed by atoms with E-state index in [0.29, 0.717) is 5.75 Å². The molecule has 0 aliphatic carbocycles. The molecule has 0 aliphatic heterocycles. The molecule has 0 saturated carbocycles. The maximum atomic E-state index is 12.9. The van der Waals surface area contributed by atoms with Crippen molar-refractivity contribution in [3.05, 3.63) is 72.2 Å². The minimum atomic E-state index is 0.0965. The number of aromatic amines is 1. The van der Waals surface area contributed by atoms with Crippen LogP contribution in [0.2, 0.25) is 0 Å². The molecule has 136 valence electrons. The number of Topliss-reactive ketones (excluding diaryl/α,β-unsaturated/α-hetero) is 1. The molecule has 0 spiro atoms. The quantitative estimate of drug-likeness (QED) is 0.393. The molecular formula is C21H19N3O2S. The largest absolute Gasteiger partial charge is 0.497 e. The zero-order valence-electron chi connectivity index (χ0n) is 15.1. The molecule has 0 bridgehead atoms. The molecule has 2 aromatic carbocycles. The van der Waals surface area contributed by atoms with Gasteiger partial charge >= 0.3 is 0 Å². The molecule has 4 aromatic rings. The number of para-hydroxylation sites is 1. The van der Waals surface area contributed by atoms with Gasteiger partial charge in [-0.3, -0.25) is 9.36 Å². The number of nitrogens with zero attached hydrogens (tertiary/aromatic N) is 2. The first kappa shape index (κ1) is 17.4. The first-order chi connectivity index (χ1) is 13.2. The maximum absolute atomic E-state index is 12.9. The van der Waals surface area contributed by atoms with Crippen molar-refractivity contribution in [1.29, 1.82) is 0 Å². The highest BCUT2D eigenvalue weighted by atomic mass is 32.2. The number of carbonyl (C=O) groups is 1. The van der Waals surface area contributed by atoms with Crippen molar-refractivity contribution < 1.29 is 9.53 Å². The van der Waals surface area contributed by atoms with Gasteiger partial charge in [-0.15, -0.1) is 0 Å². The minimum Gasteiger partial charge on any atom is -0.497 e. The number of ketones is 1. The lowest BCUT2D eigenvalue weighted by Gasteiger charge is -2.08. The molecule has 27 heavy (non-hydrogen) atoms. The first-order valence-electron chi connectivity index (χ1n) is 8.58. The zero-order chi connectivity index (χ0) is 18.8. The Bertz CT molecular complexity index is 1100. The molecule has 0 aliphatic rings. The van der Waals surface area contributed by atoms with Crippen LogP contribution in [0, 0.1) is 6.92 Å². The van der Waals surface area contributed by atoms with Crippen LogP contribution in [0.4, 0.5) is 0 Å². The van der Waals surface area contributed by atoms with Gasteiger partial charge in [-0.05, 0) is 37.3 Å². The van der Waals surface area contributed by atoms with Crippen LogP contribution >= 0.6 is 11.8 Å². The van der Waals surface area contributed by atoms with Crippen molar-refractivity contribution in [1.82, 2.24) is 14.5 Å². The van der Waals surface area contributed by atoms with E-state index in [1.165, 1.54) is 11.8 Å². The third-order valence-electron chi connectivity index (χ3n) is 4.46. The van der Waals surface area contributed by atoms with Crippen LogP contribution in [0.25, 0.3) is 16.6 Å². The number of aromatic nitrogens is 3. The van der Waals surface area contributed by atoms with E-state index in [1.807, 2.05) is 66.2 Å². The van der Waals surface area contributed by atoms with Crippen molar-refractivity contribution in [2.24, 2.45) is 0 Å². The summed E-state index contributed by atoms with van der Waals surface area (Å²) in [7, 11) is 1.64. The second-order valence-electron chi connectivity index (χ2n) is 6.16. The summed E-state index contributed by atoms with van der Waals surface area (Å²) in [5.74, 6) is 1.23. The number of rotatable bonds is 6. The SMILES string of the molecule is COc1ccc(-n2ccnc2SCC(=O)c2c(C)[nH]c3ccccc23)cc1. The van der Waals surface area contributed by atoms with E-state index in [4.69, 9.17) is 4.74 Å². The molecule has 2 heterocycles. The number of carbonyl (C=O) groups excluding carboxylic acids is 1. The fraction of sp³-hybridized carbons (Fsp3) is 0.143. The Morgan fingerprint density at radius 1 is 1.19 bits per heavy atom. The van der Waals surface area contributed by atoms with Crippen LogP contribution in [-0.2, 0) is 0 Å². The van der Waals surface area contributed by atoms with Gasteiger partial charge in [0, 0.05) is 40.2 Å². The van der Waals surface area contributed by atoms with Gasteiger partial charge in [-0.2, -0.15) is 0 Å². The molecule has 0 fully saturated rings. The first-order valence-corrected chi connectivity index (χ1v) is 9.57. The van der Waals surface area contributed by atoms with Gasteiger partial charge in [0.15, 0.2) is 10.9 Å². The number of fused-ring (bicyclic) bond motifs is 1. The average Bonchev–Trinajstić information content (AvgIpc) is 3.29. The monoisotopic (exact) mass is 377 g/mol. The average molecular weight is 377 g/mol. The van der Waals surface area contributed by atoms with Gasteiger partial charge in [0.2, 0.25) is 0 Å². The fourth-order valence-corrected chi connectivity index (χ4v) is 4.02. The van der Waals surface area contributed by atoms with Crippen LogP contribution in [0.15, 0.2) is 66.1 Å². The standard InChI is InChI=1S/C21H19N3O2S/c1-14-20(17-5-3-4-6-18(17)23-14)19(25)13-27-21-22-11-12-24(21)15-7-9-16(26-2)10-8-15/h3-12,23H,13H2,1-2H3. The number of methoxy groups -OCH3 is 1. The van der Waals surface area contributed by atoms with E-state index < -0.39 is 0 Å². The fourth-order valence-electron chi connectivity index (χ4n) is 3.17. The van der Waals surface area contributed by atoms with Crippen LogP contribution in [0.3, 0.4) is 0 Å². The Labute approximate surface area is 161 Å². The Hall–Kier alpha value is -2.99. The summed E-state index contributed by atoms with van der Waals surface area (Å²) in [6.45, 7) is 1.94. The third-order valence-corrected chi connectivity index (χ3v) is 5.43. The summed E-state index contributed by atoms with van der Waals surface area (Å²) in [4.78, 5) is 20.6. The van der Waals surface area contributed by atoms with E-state index in [2.05, 4.69) is 9.97 Å². The van der Waals surface area contributed by atoms with Crippen molar-refractivity contribution >= 4 is 28.4 Å². The molecule has 4 rings (SSSR count). The summed E-state index contributed by atoms with van der Waals surface area (Å²) in [6, 6.07) is 15.6. The van der Waals surface area contributed by atoms with Gasteiger partial charge in [0.1, 0.15) is 5.75 Å². The predicted octanol–water partition coefficient (Wildman–Crippen LogP) is 4.65. The van der Waals surface area contributed by atoms with E-state index in [1.54, 1.807) is 13.3 Å². The molecule has 2 aromatic heterocycles. The normalized spacial score (nSPS) is 11.0. The Morgan fingerprint density at radius 3 is 2.74 bits per heavy atom. The van der Waals surface area contributed by atoms with Crippen LogP contribution in [-0.4, -0.2) is 33.2 Å². The predicted molar refractivity (Wildman–Crippen MR) is 108 cm³/mol. The van der Waals surface area contributed by atoms with E-state index in [0.717, 1.165) is 38.8 Å². The lowest BCUT2D eigenvalue weighted by atomic mass is 10.1. The second kappa shape index (κ2) is 7.32. The smallest absolute Gasteiger partial charge is 0.175 e. The van der Waals surface area contributed by atoms with Crippen molar-refractivity contribution in [3.63, 3.8) is 0 Å². The molecule has 6 heteroatoms. The highest BCUT2D eigenvalue weighted by Crippen LogP contribution is 2.26. The third kappa shape index (κ3) is 3.36. The van der Waals surface area contributed by atoms with Crippen molar-refractivity contribution in [2.45, 2.75) is 12.1 Å². The van der Waals surface area contributed by atoms with Crippen LogP contribution in [0.5, 0.6) is 5.75 Å². The number of hydrogen-bond acceptors (Lipinski definition) is 4. The molecule has 5 nitrogen and oxygen atoms in total. The number of H-pyrrole nitrogens is 1. The van der Waals surface area contributed by atoms with Gasteiger partial charge in [0.05, 0.1) is 12.9 Å². The summed E-state index contributed by atoms with van der Waals surface area (Å²) >= 11 is 1.44. The van der Waals surface area contributed by atoms with Gasteiger partial charge < -0.3 is 9.72 Å². The second-order valence-corrected chi connectivity index (χ2v) is 7.10. The minimum absolute atomic E-state index is 0.0965. The Kier molecular flexibility index (Phi) is 4.73. The maximum Gasteiger partial charge on any atom is 0.175 e. The van der Waals surface area contributed by atoms with Crippen LogP contribution < -0.4 is 4.74 Å². The number of thioether (sulfide) groups is 1. The van der Waals surface area contributed by atoms with Crippen molar-refractivity contribution in [3.8, 4) is 11.4 Å². The lowest BCUT2D eigenvalue weighted by Crippen LogP contribution is -2.05. The molecule has 0 atom stereocenters. The Morgan fingerprint density at radius 2 is 1.96 bits per heavy atom. The number of imidazole rings is 1. The lowest BCUT2D eigenvalue weighted by molar-refractivity contribution is 0.102. The van der Waals surface area contributed by atoms with Crippen LogP contribution in [0.1, 0.15) is 16.1 Å². The number of ether oxygens (including phenoxy) is 1. The zero-order valence-corrected chi connectivity index (χ0v) is 15.9. The topological polar surface area (TPSA) is 59.9 Å². The molecule has 0 unspecified atom stereocenters. The number of nitrogens with one attached hydrogen (secondary N) is 1. The Balaban J connectivity index is 1.55. The van der Waals surface area contributed by atoms with E-state index >= 15 is 0 Å².